The van der Waals surface area contributed by atoms with Crippen LogP contribution >= 0.6 is 23.2 Å². The zero-order valence-electron chi connectivity index (χ0n) is 13.9. The highest BCUT2D eigenvalue weighted by Gasteiger charge is 2.06. The predicted octanol–water partition coefficient (Wildman–Crippen LogP) is 5.30. The number of hydrogen-bond donors (Lipinski definition) is 2. The number of halogens is 2. The van der Waals surface area contributed by atoms with E-state index in [4.69, 9.17) is 23.2 Å². The molecule has 0 saturated carbocycles. The summed E-state index contributed by atoms with van der Waals surface area (Å²) in [7, 11) is 0. The number of aromatic nitrogens is 1. The number of nitrogens with one attached hydrogen (secondary N) is 2. The molecule has 3 aromatic rings. The largest absolute Gasteiger partial charge is 0.370 e. The van der Waals surface area contributed by atoms with Crippen molar-refractivity contribution in [2.45, 2.75) is 6.42 Å². The fraction of sp³-hybridized carbons (Fsp3) is 0.100. The summed E-state index contributed by atoms with van der Waals surface area (Å²) >= 11 is 11.9. The van der Waals surface area contributed by atoms with Crippen molar-refractivity contribution < 1.29 is 4.79 Å². The quantitative estimate of drug-likeness (QED) is 0.605. The molecule has 0 radical (unpaired) electrons. The first-order valence-corrected chi connectivity index (χ1v) is 8.87. The number of carbonyl (C=O) groups is 1. The predicted molar refractivity (Wildman–Crippen MR) is 107 cm³/mol. The van der Waals surface area contributed by atoms with Crippen LogP contribution < -0.4 is 10.6 Å². The van der Waals surface area contributed by atoms with Crippen molar-refractivity contribution in [3.05, 3.63) is 88.0 Å². The molecule has 0 fully saturated rings. The van der Waals surface area contributed by atoms with Crippen LogP contribution in [-0.2, 0) is 6.42 Å². The van der Waals surface area contributed by atoms with Gasteiger partial charge in [-0.1, -0.05) is 41.4 Å². The van der Waals surface area contributed by atoms with Crippen molar-refractivity contribution in [1.82, 2.24) is 4.98 Å². The van der Waals surface area contributed by atoms with Gasteiger partial charge in [-0.3, -0.25) is 4.79 Å². The Morgan fingerprint density at radius 2 is 1.73 bits per heavy atom. The second-order valence-electron chi connectivity index (χ2n) is 5.70. The van der Waals surface area contributed by atoms with Crippen LogP contribution in [0.5, 0.6) is 0 Å². The number of nitrogens with zero attached hydrogens (tertiary/aromatic N) is 1. The Labute approximate surface area is 162 Å². The maximum Gasteiger partial charge on any atom is 0.255 e. The van der Waals surface area contributed by atoms with E-state index in [1.165, 1.54) is 0 Å². The van der Waals surface area contributed by atoms with E-state index in [-0.39, 0.29) is 5.91 Å². The van der Waals surface area contributed by atoms with E-state index >= 15 is 0 Å². The van der Waals surface area contributed by atoms with Crippen LogP contribution in [0.2, 0.25) is 10.0 Å². The van der Waals surface area contributed by atoms with Crippen LogP contribution in [-0.4, -0.2) is 17.4 Å². The van der Waals surface area contributed by atoms with Crippen LogP contribution in [0, 0.1) is 0 Å². The standard InChI is InChI=1S/C20H17Cl2N3O/c21-16-5-1-3-14(11-16)9-10-23-19-8-7-18(13-24-19)25-20(26)15-4-2-6-17(22)12-15/h1-8,11-13H,9-10H2,(H,23,24)(H,25,26). The van der Waals surface area contributed by atoms with Gasteiger partial charge in [0.1, 0.15) is 5.82 Å². The average molecular weight is 386 g/mol. The van der Waals surface area contributed by atoms with Crippen molar-refractivity contribution in [2.75, 3.05) is 17.2 Å². The van der Waals surface area contributed by atoms with Crippen LogP contribution in [0.15, 0.2) is 66.9 Å². The van der Waals surface area contributed by atoms with Crippen LogP contribution in [0.3, 0.4) is 0 Å². The van der Waals surface area contributed by atoms with E-state index in [0.717, 1.165) is 29.4 Å². The molecule has 3 rings (SSSR count). The van der Waals surface area contributed by atoms with Crippen LogP contribution in [0.1, 0.15) is 15.9 Å². The van der Waals surface area contributed by atoms with Gasteiger partial charge in [0, 0.05) is 22.2 Å². The lowest BCUT2D eigenvalue weighted by Gasteiger charge is -2.08. The summed E-state index contributed by atoms with van der Waals surface area (Å²) in [6.45, 7) is 0.738. The third kappa shape index (κ3) is 5.22. The highest BCUT2D eigenvalue weighted by Crippen LogP contribution is 2.15. The molecule has 0 bridgehead atoms. The molecule has 0 aliphatic heterocycles. The first kappa shape index (κ1) is 18.2. The molecule has 1 heterocycles. The molecule has 2 N–H and O–H groups in total. The average Bonchev–Trinajstić information content (AvgIpc) is 2.63. The summed E-state index contributed by atoms with van der Waals surface area (Å²) in [6.07, 6.45) is 2.46. The van der Waals surface area contributed by atoms with Crippen molar-refractivity contribution in [3.63, 3.8) is 0 Å². The topological polar surface area (TPSA) is 54.0 Å². The Hall–Kier alpha value is -2.56. The number of hydrogen-bond acceptors (Lipinski definition) is 3. The number of benzene rings is 2. The van der Waals surface area contributed by atoms with Crippen LogP contribution in [0.4, 0.5) is 11.5 Å². The third-order valence-electron chi connectivity index (χ3n) is 3.72. The van der Waals surface area contributed by atoms with Gasteiger partial charge < -0.3 is 10.6 Å². The van der Waals surface area contributed by atoms with Gasteiger partial charge in [-0.15, -0.1) is 0 Å². The lowest BCUT2D eigenvalue weighted by molar-refractivity contribution is 0.102. The van der Waals surface area contributed by atoms with Crippen molar-refractivity contribution in [3.8, 4) is 0 Å². The zero-order valence-corrected chi connectivity index (χ0v) is 15.4. The van der Waals surface area contributed by atoms with Gasteiger partial charge in [-0.05, 0) is 54.4 Å². The lowest BCUT2D eigenvalue weighted by atomic mass is 10.1. The lowest BCUT2D eigenvalue weighted by Crippen LogP contribution is -2.12. The molecule has 0 saturated heterocycles. The molecule has 26 heavy (non-hydrogen) atoms. The second-order valence-corrected chi connectivity index (χ2v) is 6.58. The van der Waals surface area contributed by atoms with Gasteiger partial charge >= 0.3 is 0 Å². The molecule has 1 aromatic heterocycles. The first-order valence-electron chi connectivity index (χ1n) is 8.11. The molecular weight excluding hydrogens is 369 g/mol. The number of carbonyl (C=O) groups excluding carboxylic acids is 1. The first-order chi connectivity index (χ1) is 12.6. The smallest absolute Gasteiger partial charge is 0.255 e. The van der Waals surface area contributed by atoms with Gasteiger partial charge in [0.25, 0.3) is 5.91 Å². The molecule has 0 unspecified atom stereocenters. The molecule has 4 nitrogen and oxygen atoms in total. The second kappa shape index (κ2) is 8.70. The number of amides is 1. The maximum atomic E-state index is 12.2. The van der Waals surface area contributed by atoms with Crippen LogP contribution in [0.25, 0.3) is 0 Å². The third-order valence-corrected chi connectivity index (χ3v) is 4.19. The van der Waals surface area contributed by atoms with Crippen molar-refractivity contribution >= 4 is 40.6 Å². The molecule has 0 spiro atoms. The summed E-state index contributed by atoms with van der Waals surface area (Å²) in [6, 6.07) is 18.2. The van der Waals surface area contributed by atoms with E-state index in [1.54, 1.807) is 36.5 Å². The highest BCUT2D eigenvalue weighted by molar-refractivity contribution is 6.31. The number of rotatable bonds is 6. The summed E-state index contributed by atoms with van der Waals surface area (Å²) in [5.74, 6) is 0.517. The minimum Gasteiger partial charge on any atom is -0.370 e. The summed E-state index contributed by atoms with van der Waals surface area (Å²) in [5.41, 5.74) is 2.28. The SMILES string of the molecule is O=C(Nc1ccc(NCCc2cccc(Cl)c2)nc1)c1cccc(Cl)c1. The fourth-order valence-electron chi connectivity index (χ4n) is 2.43. The molecule has 6 heteroatoms. The minimum atomic E-state index is -0.226. The van der Waals surface area contributed by atoms with Gasteiger partial charge in [0.15, 0.2) is 0 Å². The zero-order chi connectivity index (χ0) is 18.4. The highest BCUT2D eigenvalue weighted by atomic mass is 35.5. The number of pyridine rings is 1. The fourth-order valence-corrected chi connectivity index (χ4v) is 2.84. The summed E-state index contributed by atoms with van der Waals surface area (Å²) in [4.78, 5) is 16.5. The summed E-state index contributed by atoms with van der Waals surface area (Å²) in [5, 5.41) is 7.31. The van der Waals surface area contributed by atoms with Gasteiger partial charge in [-0.25, -0.2) is 4.98 Å². The van der Waals surface area contributed by atoms with E-state index in [2.05, 4.69) is 15.6 Å². The Balaban J connectivity index is 1.52. The molecule has 2 aromatic carbocycles. The molecule has 1 amide bonds. The number of anilines is 2. The Morgan fingerprint density at radius 1 is 0.962 bits per heavy atom. The molecule has 0 aliphatic rings. The van der Waals surface area contributed by atoms with E-state index in [0.29, 0.717) is 16.3 Å². The minimum absolute atomic E-state index is 0.226. The van der Waals surface area contributed by atoms with E-state index < -0.39 is 0 Å². The monoisotopic (exact) mass is 385 g/mol. The molecule has 0 aliphatic carbocycles. The van der Waals surface area contributed by atoms with E-state index in [1.807, 2.05) is 30.3 Å². The Morgan fingerprint density at radius 3 is 2.42 bits per heavy atom. The van der Waals surface area contributed by atoms with Gasteiger partial charge in [-0.2, -0.15) is 0 Å². The Kier molecular flexibility index (Phi) is 6.10. The van der Waals surface area contributed by atoms with E-state index in [9.17, 15) is 4.79 Å². The Bertz CT molecular complexity index is 898. The van der Waals surface area contributed by atoms with Gasteiger partial charge in [0.05, 0.1) is 11.9 Å². The summed E-state index contributed by atoms with van der Waals surface area (Å²) < 4.78 is 0. The van der Waals surface area contributed by atoms with Crippen molar-refractivity contribution in [2.24, 2.45) is 0 Å². The molecular formula is C20H17Cl2N3O. The van der Waals surface area contributed by atoms with Gasteiger partial charge in [0.2, 0.25) is 0 Å². The van der Waals surface area contributed by atoms with Crippen molar-refractivity contribution in [1.29, 1.82) is 0 Å². The molecule has 132 valence electrons. The maximum absolute atomic E-state index is 12.2. The normalized spacial score (nSPS) is 10.4. The molecule has 0 atom stereocenters.